The number of methoxy groups -OCH3 is 1. The van der Waals surface area contributed by atoms with Crippen molar-refractivity contribution in [3.8, 4) is 11.5 Å². The van der Waals surface area contributed by atoms with Crippen LogP contribution in [0, 0.1) is 10.1 Å². The zero-order valence-electron chi connectivity index (χ0n) is 16.7. The van der Waals surface area contributed by atoms with E-state index >= 15 is 0 Å². The summed E-state index contributed by atoms with van der Waals surface area (Å²) >= 11 is 0. The molecule has 3 rings (SSSR count). The number of nitro benzene ring substituents is 1. The number of carbonyl (C=O) groups excluding carboxylic acids is 1. The van der Waals surface area contributed by atoms with E-state index in [1.807, 2.05) is 60.7 Å². The maximum atomic E-state index is 13.2. The van der Waals surface area contributed by atoms with Gasteiger partial charge in [-0.3, -0.25) is 14.9 Å². The molecule has 0 aliphatic carbocycles. The minimum atomic E-state index is -0.600. The van der Waals surface area contributed by atoms with Crippen molar-refractivity contribution in [3.63, 3.8) is 0 Å². The van der Waals surface area contributed by atoms with E-state index in [9.17, 15) is 14.9 Å². The molecule has 0 saturated heterocycles. The Kier molecular flexibility index (Phi) is 6.64. The van der Waals surface area contributed by atoms with E-state index in [-0.39, 0.29) is 22.7 Å². The summed E-state index contributed by atoms with van der Waals surface area (Å²) in [6, 6.07) is 20.9. The predicted molar refractivity (Wildman–Crippen MR) is 113 cm³/mol. The van der Waals surface area contributed by atoms with Gasteiger partial charge >= 0.3 is 0 Å². The van der Waals surface area contributed by atoms with Gasteiger partial charge < -0.3 is 14.8 Å². The Hall–Kier alpha value is -3.87. The highest BCUT2D eigenvalue weighted by molar-refractivity contribution is 5.99. The van der Waals surface area contributed by atoms with Gasteiger partial charge in [-0.1, -0.05) is 60.7 Å². The Bertz CT molecular complexity index is 983. The van der Waals surface area contributed by atoms with Gasteiger partial charge in [-0.2, -0.15) is 0 Å². The lowest BCUT2D eigenvalue weighted by Crippen LogP contribution is -2.30. The smallest absolute Gasteiger partial charge is 0.286 e. The van der Waals surface area contributed by atoms with E-state index in [4.69, 9.17) is 9.47 Å². The standard InChI is InChI=1S/C23H22N2O5/c1-3-30-21-15-19(25(27)28)18(14-20(21)29-2)23(26)24-22(16-10-6-4-7-11-16)17-12-8-5-9-13-17/h4-15,22H,3H2,1-2H3,(H,24,26). The van der Waals surface area contributed by atoms with Crippen molar-refractivity contribution in [1.82, 2.24) is 5.32 Å². The van der Waals surface area contributed by atoms with E-state index < -0.39 is 16.9 Å². The lowest BCUT2D eigenvalue weighted by Gasteiger charge is -2.20. The largest absolute Gasteiger partial charge is 0.493 e. The SMILES string of the molecule is CCOc1cc([N+](=O)[O-])c(C(=O)NC(c2ccccc2)c2ccccc2)cc1OC. The van der Waals surface area contributed by atoms with E-state index in [1.165, 1.54) is 19.2 Å². The molecule has 1 amide bonds. The van der Waals surface area contributed by atoms with Crippen LogP contribution in [0.5, 0.6) is 11.5 Å². The molecule has 1 N–H and O–H groups in total. The number of hydrogen-bond donors (Lipinski definition) is 1. The molecule has 0 bridgehead atoms. The molecule has 0 radical (unpaired) electrons. The molecule has 0 saturated carbocycles. The molecule has 30 heavy (non-hydrogen) atoms. The first kappa shape index (κ1) is 20.9. The van der Waals surface area contributed by atoms with Crippen molar-refractivity contribution >= 4 is 11.6 Å². The Morgan fingerprint density at radius 1 is 1.00 bits per heavy atom. The maximum absolute atomic E-state index is 13.2. The van der Waals surface area contributed by atoms with Crippen LogP contribution >= 0.6 is 0 Å². The molecule has 0 fully saturated rings. The average Bonchev–Trinajstić information content (AvgIpc) is 2.78. The summed E-state index contributed by atoms with van der Waals surface area (Å²) in [5.41, 5.74) is 1.27. The van der Waals surface area contributed by atoms with Crippen molar-refractivity contribution in [1.29, 1.82) is 0 Å². The van der Waals surface area contributed by atoms with Crippen molar-refractivity contribution in [2.24, 2.45) is 0 Å². The Labute approximate surface area is 174 Å². The van der Waals surface area contributed by atoms with Gasteiger partial charge in [0.25, 0.3) is 11.6 Å². The number of carbonyl (C=O) groups is 1. The van der Waals surface area contributed by atoms with Crippen LogP contribution in [0.15, 0.2) is 72.8 Å². The summed E-state index contributed by atoms with van der Waals surface area (Å²) in [5, 5.41) is 14.6. The van der Waals surface area contributed by atoms with Gasteiger partial charge in [0, 0.05) is 6.07 Å². The van der Waals surface area contributed by atoms with Crippen LogP contribution < -0.4 is 14.8 Å². The summed E-state index contributed by atoms with van der Waals surface area (Å²) in [7, 11) is 1.42. The molecule has 154 valence electrons. The van der Waals surface area contributed by atoms with Crippen LogP contribution in [0.25, 0.3) is 0 Å². The second kappa shape index (κ2) is 9.56. The van der Waals surface area contributed by atoms with E-state index in [0.717, 1.165) is 11.1 Å². The number of hydrogen-bond acceptors (Lipinski definition) is 5. The minimum Gasteiger partial charge on any atom is -0.493 e. The number of benzene rings is 3. The van der Waals surface area contributed by atoms with Crippen molar-refractivity contribution in [3.05, 3.63) is 99.6 Å². The molecular formula is C23H22N2O5. The highest BCUT2D eigenvalue weighted by Gasteiger charge is 2.27. The van der Waals surface area contributed by atoms with Gasteiger partial charge in [-0.25, -0.2) is 0 Å². The fourth-order valence-corrected chi connectivity index (χ4v) is 3.17. The monoisotopic (exact) mass is 406 g/mol. The van der Waals surface area contributed by atoms with Gasteiger partial charge in [-0.05, 0) is 18.1 Å². The fourth-order valence-electron chi connectivity index (χ4n) is 3.17. The molecule has 0 atom stereocenters. The topological polar surface area (TPSA) is 90.7 Å². The fraction of sp³-hybridized carbons (Fsp3) is 0.174. The number of nitro groups is 1. The molecule has 3 aromatic carbocycles. The van der Waals surface area contributed by atoms with Crippen LogP contribution in [-0.2, 0) is 0 Å². The molecule has 7 heteroatoms. The Balaban J connectivity index is 2.03. The molecule has 0 aliphatic heterocycles. The Morgan fingerprint density at radius 3 is 2.03 bits per heavy atom. The van der Waals surface area contributed by atoms with Crippen LogP contribution in [-0.4, -0.2) is 24.5 Å². The van der Waals surface area contributed by atoms with Crippen LogP contribution in [0.1, 0.15) is 34.5 Å². The van der Waals surface area contributed by atoms with Crippen molar-refractivity contribution in [2.45, 2.75) is 13.0 Å². The lowest BCUT2D eigenvalue weighted by atomic mass is 9.98. The number of nitrogens with one attached hydrogen (secondary N) is 1. The van der Waals surface area contributed by atoms with Crippen LogP contribution in [0.2, 0.25) is 0 Å². The molecule has 3 aromatic rings. The molecule has 0 aromatic heterocycles. The van der Waals surface area contributed by atoms with Crippen LogP contribution in [0.3, 0.4) is 0 Å². The molecular weight excluding hydrogens is 384 g/mol. The summed E-state index contributed by atoms with van der Waals surface area (Å²) in [5.74, 6) is -0.116. The lowest BCUT2D eigenvalue weighted by molar-refractivity contribution is -0.385. The third-order valence-electron chi connectivity index (χ3n) is 4.56. The van der Waals surface area contributed by atoms with Gasteiger partial charge in [-0.15, -0.1) is 0 Å². The van der Waals surface area contributed by atoms with Gasteiger partial charge in [0.05, 0.1) is 30.7 Å². The first-order chi connectivity index (χ1) is 14.5. The maximum Gasteiger partial charge on any atom is 0.286 e. The molecule has 7 nitrogen and oxygen atoms in total. The third-order valence-corrected chi connectivity index (χ3v) is 4.56. The van der Waals surface area contributed by atoms with E-state index in [1.54, 1.807) is 6.92 Å². The quantitative estimate of drug-likeness (QED) is 0.439. The van der Waals surface area contributed by atoms with Gasteiger partial charge in [0.2, 0.25) is 0 Å². The highest BCUT2D eigenvalue weighted by Crippen LogP contribution is 2.35. The van der Waals surface area contributed by atoms with Crippen molar-refractivity contribution in [2.75, 3.05) is 13.7 Å². The Morgan fingerprint density at radius 2 is 1.57 bits per heavy atom. The normalized spacial score (nSPS) is 10.5. The molecule has 0 heterocycles. The summed E-state index contributed by atoms with van der Waals surface area (Å²) < 4.78 is 10.7. The second-order valence-electron chi connectivity index (χ2n) is 6.44. The van der Waals surface area contributed by atoms with Crippen LogP contribution in [0.4, 0.5) is 5.69 Å². The van der Waals surface area contributed by atoms with E-state index in [2.05, 4.69) is 5.32 Å². The number of ether oxygens (including phenoxy) is 2. The van der Waals surface area contributed by atoms with E-state index in [0.29, 0.717) is 6.61 Å². The second-order valence-corrected chi connectivity index (χ2v) is 6.44. The predicted octanol–water partition coefficient (Wildman–Crippen LogP) is 4.52. The van der Waals surface area contributed by atoms with Crippen molar-refractivity contribution < 1.29 is 19.2 Å². The molecule has 0 spiro atoms. The minimum absolute atomic E-state index is 0.0998. The number of rotatable bonds is 8. The number of nitrogens with zero attached hydrogens (tertiary/aromatic N) is 1. The summed E-state index contributed by atoms with van der Waals surface area (Å²) in [4.78, 5) is 24.2. The average molecular weight is 406 g/mol. The zero-order chi connectivity index (χ0) is 21.5. The summed E-state index contributed by atoms with van der Waals surface area (Å²) in [6.45, 7) is 2.07. The zero-order valence-corrected chi connectivity index (χ0v) is 16.7. The summed E-state index contributed by atoms with van der Waals surface area (Å²) in [6.07, 6.45) is 0. The molecule has 0 aliphatic rings. The number of amides is 1. The molecule has 0 unspecified atom stereocenters. The van der Waals surface area contributed by atoms with Gasteiger partial charge in [0.15, 0.2) is 11.5 Å². The third kappa shape index (κ3) is 4.57. The highest BCUT2D eigenvalue weighted by atomic mass is 16.6. The first-order valence-electron chi connectivity index (χ1n) is 9.45. The van der Waals surface area contributed by atoms with Gasteiger partial charge in [0.1, 0.15) is 5.56 Å². The first-order valence-corrected chi connectivity index (χ1v) is 9.45.